The molecule has 5 nitrogen and oxygen atoms in total. The highest BCUT2D eigenvalue weighted by Gasteiger charge is 2.13. The topological polar surface area (TPSA) is 72.2 Å². The van der Waals surface area contributed by atoms with Gasteiger partial charge in [-0.3, -0.25) is 4.79 Å². The Morgan fingerprint density at radius 2 is 1.89 bits per heavy atom. The number of anilines is 1. The van der Waals surface area contributed by atoms with Crippen LogP contribution in [-0.4, -0.2) is 16.6 Å². The second kappa shape index (κ2) is 8.41. The monoisotopic (exact) mass is 408 g/mol. The molecule has 140 valence electrons. The average molecular weight is 409 g/mol. The van der Waals surface area contributed by atoms with Gasteiger partial charge in [-0.1, -0.05) is 48.5 Å². The normalized spacial score (nSPS) is 10.9. The lowest BCUT2D eigenvalue weighted by Gasteiger charge is -2.02. The molecule has 0 aliphatic carbocycles. The fraction of sp³-hybridized carbons (Fsp3) is 0.0952. The zero-order valence-corrected chi connectivity index (χ0v) is 16.4. The third kappa shape index (κ3) is 4.32. The summed E-state index contributed by atoms with van der Waals surface area (Å²) in [5, 5.41) is 5.83. The van der Waals surface area contributed by atoms with E-state index in [-0.39, 0.29) is 5.91 Å². The van der Waals surface area contributed by atoms with Gasteiger partial charge in [-0.2, -0.15) is 0 Å². The number of carbonyl (C=O) groups is 1. The van der Waals surface area contributed by atoms with Crippen molar-refractivity contribution in [3.8, 4) is 11.3 Å². The maximum Gasteiger partial charge on any atom is 0.345 e. The summed E-state index contributed by atoms with van der Waals surface area (Å²) in [4.78, 5) is 28.8. The number of amides is 1. The molecule has 0 atom stereocenters. The fourth-order valence-electron chi connectivity index (χ4n) is 2.69. The van der Waals surface area contributed by atoms with Crippen molar-refractivity contribution in [2.24, 2.45) is 0 Å². The molecule has 0 aliphatic heterocycles. The van der Waals surface area contributed by atoms with Gasteiger partial charge in [0.1, 0.15) is 5.58 Å². The van der Waals surface area contributed by atoms with E-state index in [4.69, 9.17) is 4.42 Å². The van der Waals surface area contributed by atoms with E-state index in [0.717, 1.165) is 11.1 Å². The second-order valence-electron chi connectivity index (χ2n) is 6.05. The van der Waals surface area contributed by atoms with Crippen LogP contribution in [0.2, 0.25) is 0 Å². The van der Waals surface area contributed by atoms with Crippen molar-refractivity contribution >= 4 is 45.1 Å². The van der Waals surface area contributed by atoms with Crippen LogP contribution in [0.15, 0.2) is 75.3 Å². The Morgan fingerprint density at radius 3 is 2.75 bits per heavy atom. The molecule has 1 N–H and O–H groups in total. The van der Waals surface area contributed by atoms with E-state index in [9.17, 15) is 9.59 Å². The number of thiazole rings is 1. The summed E-state index contributed by atoms with van der Waals surface area (Å²) in [5.41, 5.74) is 2.15. The van der Waals surface area contributed by atoms with Crippen molar-refractivity contribution in [3.05, 3.63) is 82.0 Å². The SMILES string of the molecule is O=C(CSCc1ccccc1)Nc1nc(-c2cc3ccccc3oc2=O)cs1. The van der Waals surface area contributed by atoms with Crippen LogP contribution < -0.4 is 10.9 Å². The van der Waals surface area contributed by atoms with Crippen molar-refractivity contribution < 1.29 is 9.21 Å². The Bertz CT molecular complexity index is 1170. The first-order valence-corrected chi connectivity index (χ1v) is 10.6. The Balaban J connectivity index is 1.41. The number of thioether (sulfide) groups is 1. The van der Waals surface area contributed by atoms with Crippen LogP contribution in [0.4, 0.5) is 5.13 Å². The molecular formula is C21H16N2O3S2. The third-order valence-corrected chi connectivity index (χ3v) is 5.77. The minimum atomic E-state index is -0.444. The highest BCUT2D eigenvalue weighted by molar-refractivity contribution is 7.99. The van der Waals surface area contributed by atoms with Crippen LogP contribution in [0.1, 0.15) is 5.56 Å². The summed E-state index contributed by atoms with van der Waals surface area (Å²) in [6.07, 6.45) is 0. The van der Waals surface area contributed by atoms with Gasteiger partial charge in [0.05, 0.1) is 17.0 Å². The van der Waals surface area contributed by atoms with Crippen molar-refractivity contribution in [1.29, 1.82) is 0 Å². The van der Waals surface area contributed by atoms with Gasteiger partial charge >= 0.3 is 5.63 Å². The maximum atomic E-state index is 12.2. The number of nitrogens with zero attached hydrogens (tertiary/aromatic N) is 1. The lowest BCUT2D eigenvalue weighted by Crippen LogP contribution is -2.14. The molecule has 1 amide bonds. The summed E-state index contributed by atoms with van der Waals surface area (Å²) in [5.74, 6) is 0.990. The van der Waals surface area contributed by atoms with Gasteiger partial charge < -0.3 is 9.73 Å². The van der Waals surface area contributed by atoms with Crippen molar-refractivity contribution in [3.63, 3.8) is 0 Å². The molecule has 0 radical (unpaired) electrons. The smallest absolute Gasteiger partial charge is 0.345 e. The van der Waals surface area contributed by atoms with Gasteiger partial charge in [0.2, 0.25) is 5.91 Å². The molecule has 28 heavy (non-hydrogen) atoms. The Labute approximate surface area is 169 Å². The molecule has 0 bridgehead atoms. The third-order valence-electron chi connectivity index (χ3n) is 4.01. The van der Waals surface area contributed by atoms with E-state index in [2.05, 4.69) is 10.3 Å². The van der Waals surface area contributed by atoms with Crippen LogP contribution in [0.3, 0.4) is 0 Å². The first-order chi connectivity index (χ1) is 13.7. The number of fused-ring (bicyclic) bond motifs is 1. The van der Waals surface area contributed by atoms with E-state index in [1.54, 1.807) is 29.3 Å². The number of carbonyl (C=O) groups excluding carboxylic acids is 1. The highest BCUT2D eigenvalue weighted by Crippen LogP contribution is 2.25. The van der Waals surface area contributed by atoms with Gasteiger partial charge in [-0.25, -0.2) is 9.78 Å². The summed E-state index contributed by atoms with van der Waals surface area (Å²) < 4.78 is 5.35. The first kappa shape index (κ1) is 18.5. The molecule has 4 aromatic rings. The largest absolute Gasteiger partial charge is 0.422 e. The summed E-state index contributed by atoms with van der Waals surface area (Å²) in [6.45, 7) is 0. The minimum Gasteiger partial charge on any atom is -0.422 e. The average Bonchev–Trinajstić information content (AvgIpc) is 3.16. The first-order valence-electron chi connectivity index (χ1n) is 8.59. The molecule has 0 unspecified atom stereocenters. The van der Waals surface area contributed by atoms with E-state index in [1.807, 2.05) is 48.5 Å². The number of hydrogen-bond donors (Lipinski definition) is 1. The van der Waals surface area contributed by atoms with Crippen molar-refractivity contribution in [1.82, 2.24) is 4.98 Å². The Kier molecular flexibility index (Phi) is 5.55. The Morgan fingerprint density at radius 1 is 1.11 bits per heavy atom. The molecule has 0 saturated carbocycles. The zero-order chi connectivity index (χ0) is 19.3. The maximum absolute atomic E-state index is 12.2. The number of benzene rings is 2. The van der Waals surface area contributed by atoms with Gasteiger partial charge in [0, 0.05) is 16.5 Å². The van der Waals surface area contributed by atoms with Gasteiger partial charge in [-0.15, -0.1) is 23.1 Å². The molecule has 2 aromatic carbocycles. The van der Waals surface area contributed by atoms with Crippen LogP contribution in [0.25, 0.3) is 22.2 Å². The van der Waals surface area contributed by atoms with Crippen molar-refractivity contribution in [2.75, 3.05) is 11.1 Å². The standard InChI is InChI=1S/C21H16N2O3S2/c24-19(13-27-11-14-6-2-1-3-7-14)23-21-22-17(12-28-21)16-10-15-8-4-5-9-18(15)26-20(16)25/h1-10,12H,11,13H2,(H,22,23,24). The van der Waals surface area contributed by atoms with Gasteiger partial charge in [-0.05, 0) is 17.7 Å². The molecule has 2 aromatic heterocycles. The highest BCUT2D eigenvalue weighted by atomic mass is 32.2. The minimum absolute atomic E-state index is 0.118. The van der Waals surface area contributed by atoms with Gasteiger partial charge in [0.15, 0.2) is 5.13 Å². The predicted molar refractivity (Wildman–Crippen MR) is 115 cm³/mol. The van der Waals surface area contributed by atoms with E-state index < -0.39 is 5.63 Å². The summed E-state index contributed by atoms with van der Waals surface area (Å²) >= 11 is 2.82. The quantitative estimate of drug-likeness (QED) is 0.465. The number of hydrogen-bond acceptors (Lipinski definition) is 6. The molecule has 0 saturated heterocycles. The molecule has 0 spiro atoms. The molecule has 0 fully saturated rings. The molecule has 0 aliphatic rings. The van der Waals surface area contributed by atoms with Crippen LogP contribution in [-0.2, 0) is 10.5 Å². The van der Waals surface area contributed by atoms with E-state index in [1.165, 1.54) is 16.9 Å². The molecule has 2 heterocycles. The zero-order valence-electron chi connectivity index (χ0n) is 14.8. The summed E-state index contributed by atoms with van der Waals surface area (Å²) in [7, 11) is 0. The number of aromatic nitrogens is 1. The van der Waals surface area contributed by atoms with Crippen LogP contribution in [0, 0.1) is 0 Å². The van der Waals surface area contributed by atoms with E-state index >= 15 is 0 Å². The Hall–Kier alpha value is -2.90. The van der Waals surface area contributed by atoms with Crippen LogP contribution >= 0.6 is 23.1 Å². The fourth-order valence-corrected chi connectivity index (χ4v) is 4.20. The summed E-state index contributed by atoms with van der Waals surface area (Å²) in [6, 6.07) is 19.1. The van der Waals surface area contributed by atoms with Crippen molar-refractivity contribution in [2.45, 2.75) is 5.75 Å². The van der Waals surface area contributed by atoms with Gasteiger partial charge in [0.25, 0.3) is 0 Å². The molecule has 7 heteroatoms. The van der Waals surface area contributed by atoms with Crippen LogP contribution in [0.5, 0.6) is 0 Å². The van der Waals surface area contributed by atoms with E-state index in [0.29, 0.717) is 27.7 Å². The number of rotatable bonds is 6. The lowest BCUT2D eigenvalue weighted by molar-refractivity contribution is -0.113. The molecule has 4 rings (SSSR count). The number of para-hydroxylation sites is 1. The predicted octanol–water partition coefficient (Wildman–Crippen LogP) is 4.79. The second-order valence-corrected chi connectivity index (χ2v) is 7.89. The molecular weight excluding hydrogens is 392 g/mol. The lowest BCUT2D eigenvalue weighted by atomic mass is 10.1. The number of nitrogens with one attached hydrogen (secondary N) is 1.